The van der Waals surface area contributed by atoms with Gasteiger partial charge in [-0.2, -0.15) is 0 Å². The number of nitrogens with two attached hydrogens (primary N) is 2. The van der Waals surface area contributed by atoms with E-state index in [1.54, 1.807) is 6.07 Å². The highest BCUT2D eigenvalue weighted by molar-refractivity contribution is 7.99. The first-order chi connectivity index (χ1) is 9.63. The number of nitrogens with zero attached hydrogens (tertiary/aromatic N) is 1. The second-order valence-electron chi connectivity index (χ2n) is 4.31. The molecular weight excluding hydrogens is 272 g/mol. The molecule has 0 aliphatic rings. The van der Waals surface area contributed by atoms with Crippen molar-refractivity contribution in [1.29, 1.82) is 0 Å². The van der Waals surface area contributed by atoms with Crippen molar-refractivity contribution < 1.29 is 4.79 Å². The largest absolute Gasteiger partial charge is 0.397 e. The average molecular weight is 284 g/mol. The van der Waals surface area contributed by atoms with E-state index in [0.717, 1.165) is 15.9 Å². The minimum atomic E-state index is -0.539. The number of hydrogen-bond donors (Lipinski definition) is 3. The standard InChI is InChI=1S/C14H12N4OS/c15-9-6-10(13(16)19)14(17-7-9)20-12-5-8-3-1-2-4-11(8)18-12/h1-7,18H,15H2,(H2,16,19). The third kappa shape index (κ3) is 2.33. The second kappa shape index (κ2) is 4.90. The highest BCUT2D eigenvalue weighted by Crippen LogP contribution is 2.31. The van der Waals surface area contributed by atoms with E-state index in [2.05, 4.69) is 9.97 Å². The fourth-order valence-corrected chi connectivity index (χ4v) is 2.86. The summed E-state index contributed by atoms with van der Waals surface area (Å²) < 4.78 is 0. The maximum absolute atomic E-state index is 11.4. The van der Waals surface area contributed by atoms with Crippen LogP contribution in [-0.4, -0.2) is 15.9 Å². The number of pyridine rings is 1. The molecule has 0 aliphatic carbocycles. The van der Waals surface area contributed by atoms with Crippen molar-refractivity contribution in [3.63, 3.8) is 0 Å². The molecule has 0 atom stereocenters. The van der Waals surface area contributed by atoms with Gasteiger partial charge in [-0.15, -0.1) is 0 Å². The molecule has 3 aromatic rings. The quantitative estimate of drug-likeness (QED) is 0.687. The van der Waals surface area contributed by atoms with E-state index in [1.165, 1.54) is 18.0 Å². The van der Waals surface area contributed by atoms with E-state index in [4.69, 9.17) is 11.5 Å². The van der Waals surface area contributed by atoms with Crippen LogP contribution in [0, 0.1) is 0 Å². The summed E-state index contributed by atoms with van der Waals surface area (Å²) in [5, 5.41) is 2.54. The fraction of sp³-hybridized carbons (Fsp3) is 0. The van der Waals surface area contributed by atoms with Crippen molar-refractivity contribution in [2.45, 2.75) is 10.1 Å². The molecule has 0 bridgehead atoms. The van der Waals surface area contributed by atoms with E-state index >= 15 is 0 Å². The Bertz CT molecular complexity index is 764. The zero-order chi connectivity index (χ0) is 14.1. The number of nitrogens with one attached hydrogen (secondary N) is 1. The maximum atomic E-state index is 11.4. The van der Waals surface area contributed by atoms with Crippen LogP contribution in [-0.2, 0) is 0 Å². The van der Waals surface area contributed by atoms with Crippen LogP contribution in [0.4, 0.5) is 5.69 Å². The Morgan fingerprint density at radius 3 is 2.80 bits per heavy atom. The number of carbonyl (C=O) groups excluding carboxylic acids is 1. The Hall–Kier alpha value is -2.47. The summed E-state index contributed by atoms with van der Waals surface area (Å²) in [5.41, 5.74) is 12.8. The number of primary amides is 1. The lowest BCUT2D eigenvalue weighted by Crippen LogP contribution is -2.13. The van der Waals surface area contributed by atoms with Gasteiger partial charge in [-0.25, -0.2) is 4.98 Å². The summed E-state index contributed by atoms with van der Waals surface area (Å²) in [7, 11) is 0. The Labute approximate surface area is 119 Å². The predicted octanol–water partition coefficient (Wildman–Crippen LogP) is 2.40. The van der Waals surface area contributed by atoms with Gasteiger partial charge in [0.25, 0.3) is 5.91 Å². The van der Waals surface area contributed by atoms with Gasteiger partial charge in [0.05, 0.1) is 22.5 Å². The summed E-state index contributed by atoms with van der Waals surface area (Å²) >= 11 is 1.35. The Morgan fingerprint density at radius 2 is 2.05 bits per heavy atom. The predicted molar refractivity (Wildman–Crippen MR) is 79.6 cm³/mol. The SMILES string of the molecule is NC(=O)c1cc(N)cnc1Sc1cc2ccccc2[nH]1. The number of carbonyl (C=O) groups is 1. The first-order valence-electron chi connectivity index (χ1n) is 5.94. The number of rotatable bonds is 3. The highest BCUT2D eigenvalue weighted by atomic mass is 32.2. The van der Waals surface area contributed by atoms with Crippen molar-refractivity contribution in [2.24, 2.45) is 5.73 Å². The molecule has 0 unspecified atom stereocenters. The van der Waals surface area contributed by atoms with Gasteiger partial charge in [0.1, 0.15) is 5.03 Å². The number of amides is 1. The summed E-state index contributed by atoms with van der Waals surface area (Å²) in [6.07, 6.45) is 1.51. The molecule has 100 valence electrons. The van der Waals surface area contributed by atoms with Gasteiger partial charge < -0.3 is 16.5 Å². The normalized spacial score (nSPS) is 10.8. The molecule has 2 aromatic heterocycles. The van der Waals surface area contributed by atoms with Crippen LogP contribution in [0.15, 0.2) is 52.6 Å². The molecule has 20 heavy (non-hydrogen) atoms. The van der Waals surface area contributed by atoms with Crippen LogP contribution < -0.4 is 11.5 Å². The molecule has 0 radical (unpaired) electrons. The number of aromatic amines is 1. The first-order valence-corrected chi connectivity index (χ1v) is 6.76. The number of hydrogen-bond acceptors (Lipinski definition) is 4. The minimum absolute atomic E-state index is 0.327. The molecule has 3 rings (SSSR count). The molecule has 0 saturated heterocycles. The van der Waals surface area contributed by atoms with Crippen molar-refractivity contribution in [1.82, 2.24) is 9.97 Å². The average Bonchev–Trinajstić information content (AvgIpc) is 2.82. The number of benzene rings is 1. The lowest BCUT2D eigenvalue weighted by atomic mass is 10.2. The van der Waals surface area contributed by atoms with Crippen LogP contribution in [0.1, 0.15) is 10.4 Å². The number of nitrogen functional groups attached to an aromatic ring is 1. The molecule has 6 heteroatoms. The van der Waals surface area contributed by atoms with Gasteiger partial charge in [-0.05, 0) is 18.2 Å². The first kappa shape index (κ1) is 12.6. The molecular formula is C14H12N4OS. The second-order valence-corrected chi connectivity index (χ2v) is 5.34. The summed E-state index contributed by atoms with van der Waals surface area (Å²) in [4.78, 5) is 18.9. The molecule has 1 aromatic carbocycles. The monoisotopic (exact) mass is 284 g/mol. The number of anilines is 1. The van der Waals surface area contributed by atoms with Gasteiger partial charge in [0.15, 0.2) is 0 Å². The lowest BCUT2D eigenvalue weighted by Gasteiger charge is -2.04. The molecule has 2 heterocycles. The van der Waals surface area contributed by atoms with Crippen LogP contribution in [0.3, 0.4) is 0 Å². The van der Waals surface area contributed by atoms with Crippen LogP contribution in [0.5, 0.6) is 0 Å². The number of aromatic nitrogens is 2. The number of para-hydroxylation sites is 1. The Balaban J connectivity index is 2.00. The molecule has 0 spiro atoms. The molecule has 0 fully saturated rings. The zero-order valence-corrected chi connectivity index (χ0v) is 11.3. The number of fused-ring (bicyclic) bond motifs is 1. The van der Waals surface area contributed by atoms with Crippen molar-refractivity contribution in [3.8, 4) is 0 Å². The van der Waals surface area contributed by atoms with Crippen molar-refractivity contribution in [3.05, 3.63) is 48.2 Å². The van der Waals surface area contributed by atoms with Gasteiger partial charge >= 0.3 is 0 Å². The highest BCUT2D eigenvalue weighted by Gasteiger charge is 2.13. The van der Waals surface area contributed by atoms with Crippen LogP contribution >= 0.6 is 11.8 Å². The lowest BCUT2D eigenvalue weighted by molar-refractivity contribution is 0.0997. The van der Waals surface area contributed by atoms with Crippen LogP contribution in [0.2, 0.25) is 0 Å². The van der Waals surface area contributed by atoms with Crippen molar-refractivity contribution in [2.75, 3.05) is 5.73 Å². The smallest absolute Gasteiger partial charge is 0.251 e. The van der Waals surface area contributed by atoms with Gasteiger partial charge in [-0.3, -0.25) is 4.79 Å². The Morgan fingerprint density at radius 1 is 1.25 bits per heavy atom. The molecule has 5 nitrogen and oxygen atoms in total. The summed E-state index contributed by atoms with van der Waals surface area (Å²) in [6, 6.07) is 11.5. The summed E-state index contributed by atoms with van der Waals surface area (Å²) in [6.45, 7) is 0. The van der Waals surface area contributed by atoms with Gasteiger partial charge in [0, 0.05) is 10.9 Å². The molecule has 5 N–H and O–H groups in total. The molecule has 0 saturated carbocycles. The minimum Gasteiger partial charge on any atom is -0.397 e. The van der Waals surface area contributed by atoms with E-state index in [0.29, 0.717) is 16.3 Å². The van der Waals surface area contributed by atoms with E-state index in [9.17, 15) is 4.79 Å². The maximum Gasteiger partial charge on any atom is 0.251 e. The van der Waals surface area contributed by atoms with E-state index < -0.39 is 5.91 Å². The summed E-state index contributed by atoms with van der Waals surface area (Å²) in [5.74, 6) is -0.539. The van der Waals surface area contributed by atoms with Crippen molar-refractivity contribution >= 4 is 34.3 Å². The van der Waals surface area contributed by atoms with E-state index in [1.807, 2.05) is 30.3 Å². The third-order valence-corrected chi connectivity index (χ3v) is 3.81. The van der Waals surface area contributed by atoms with E-state index in [-0.39, 0.29) is 0 Å². The van der Waals surface area contributed by atoms with Gasteiger partial charge in [-0.1, -0.05) is 30.0 Å². The Kier molecular flexibility index (Phi) is 3.08. The van der Waals surface area contributed by atoms with Gasteiger partial charge in [0.2, 0.25) is 0 Å². The fourth-order valence-electron chi connectivity index (χ4n) is 1.93. The number of H-pyrrole nitrogens is 1. The topological polar surface area (TPSA) is 97.8 Å². The molecule has 1 amide bonds. The third-order valence-electron chi connectivity index (χ3n) is 2.85. The zero-order valence-electron chi connectivity index (χ0n) is 10.5. The van der Waals surface area contributed by atoms with Crippen LogP contribution in [0.25, 0.3) is 10.9 Å². The molecule has 0 aliphatic heterocycles.